The Hall–Kier alpha value is -3.11. The van der Waals surface area contributed by atoms with Crippen LogP contribution in [-0.4, -0.2) is 30.5 Å². The zero-order valence-electron chi connectivity index (χ0n) is 20.5. The molecule has 1 heterocycles. The predicted molar refractivity (Wildman–Crippen MR) is 136 cm³/mol. The third-order valence-corrected chi connectivity index (χ3v) is 6.70. The Morgan fingerprint density at radius 2 is 1.74 bits per heavy atom. The number of carbonyl (C=O) groups excluding carboxylic acids is 1. The van der Waals surface area contributed by atoms with E-state index in [1.54, 1.807) is 0 Å². The molecule has 2 unspecified atom stereocenters. The Balaban J connectivity index is 1.45. The normalized spacial score (nSPS) is 19.0. The van der Waals surface area contributed by atoms with Crippen LogP contribution in [0.4, 0.5) is 0 Å². The van der Waals surface area contributed by atoms with Crippen LogP contribution < -0.4 is 4.74 Å². The van der Waals surface area contributed by atoms with E-state index in [-0.39, 0.29) is 12.1 Å². The topological polar surface area (TPSA) is 38.8 Å². The highest BCUT2D eigenvalue weighted by Crippen LogP contribution is 2.39. The molecule has 1 fully saturated rings. The number of hydrogen-bond donors (Lipinski definition) is 0. The van der Waals surface area contributed by atoms with Gasteiger partial charge in [0.1, 0.15) is 11.9 Å². The van der Waals surface area contributed by atoms with Gasteiger partial charge < -0.3 is 9.47 Å². The van der Waals surface area contributed by atoms with Gasteiger partial charge in [-0.15, -0.1) is 0 Å². The third kappa shape index (κ3) is 5.87. The molecule has 4 heteroatoms. The fourth-order valence-electron chi connectivity index (χ4n) is 5.05. The SMILES string of the molecule is CC(=O)OC1(c2ccc(OC(C)c3ccccc3)cc2C)CCN(CCCc2ccccc2)C1. The number of ether oxygens (including phenoxy) is 2. The van der Waals surface area contributed by atoms with Gasteiger partial charge in [-0.2, -0.15) is 0 Å². The average molecular weight is 458 g/mol. The van der Waals surface area contributed by atoms with Crippen LogP contribution >= 0.6 is 0 Å². The van der Waals surface area contributed by atoms with Crippen LogP contribution in [-0.2, 0) is 21.6 Å². The van der Waals surface area contributed by atoms with Crippen LogP contribution in [0, 0.1) is 6.92 Å². The van der Waals surface area contributed by atoms with Gasteiger partial charge in [0, 0.05) is 32.0 Å². The van der Waals surface area contributed by atoms with E-state index in [1.807, 2.05) is 24.3 Å². The Labute approximate surface area is 203 Å². The van der Waals surface area contributed by atoms with E-state index < -0.39 is 5.60 Å². The summed E-state index contributed by atoms with van der Waals surface area (Å²) in [6.45, 7) is 8.29. The minimum absolute atomic E-state index is 0.0412. The van der Waals surface area contributed by atoms with Crippen LogP contribution in [0.2, 0.25) is 0 Å². The Kier molecular flexibility index (Phi) is 7.69. The van der Waals surface area contributed by atoms with E-state index in [2.05, 4.69) is 73.3 Å². The number of hydrogen-bond acceptors (Lipinski definition) is 4. The van der Waals surface area contributed by atoms with Crippen LogP contribution in [0.5, 0.6) is 5.75 Å². The van der Waals surface area contributed by atoms with E-state index in [0.717, 1.165) is 61.3 Å². The summed E-state index contributed by atoms with van der Waals surface area (Å²) in [4.78, 5) is 14.5. The van der Waals surface area contributed by atoms with Gasteiger partial charge in [0.05, 0.1) is 0 Å². The summed E-state index contributed by atoms with van der Waals surface area (Å²) in [5, 5.41) is 0. The molecule has 4 nitrogen and oxygen atoms in total. The average Bonchev–Trinajstić information content (AvgIpc) is 3.23. The summed E-state index contributed by atoms with van der Waals surface area (Å²) in [5.74, 6) is 0.594. The fraction of sp³-hybridized carbons (Fsp3) is 0.367. The minimum Gasteiger partial charge on any atom is -0.486 e. The van der Waals surface area contributed by atoms with Gasteiger partial charge in [0.2, 0.25) is 0 Å². The second kappa shape index (κ2) is 10.9. The highest BCUT2D eigenvalue weighted by Gasteiger charge is 2.43. The summed E-state index contributed by atoms with van der Waals surface area (Å²) in [5.41, 5.74) is 4.07. The third-order valence-electron chi connectivity index (χ3n) is 6.70. The van der Waals surface area contributed by atoms with Crippen molar-refractivity contribution in [3.8, 4) is 5.75 Å². The maximum Gasteiger partial charge on any atom is 0.303 e. The lowest BCUT2D eigenvalue weighted by Crippen LogP contribution is -2.36. The predicted octanol–water partition coefficient (Wildman–Crippen LogP) is 6.23. The van der Waals surface area contributed by atoms with E-state index in [4.69, 9.17) is 9.47 Å². The van der Waals surface area contributed by atoms with Crippen molar-refractivity contribution < 1.29 is 14.3 Å². The van der Waals surface area contributed by atoms with Gasteiger partial charge in [-0.3, -0.25) is 9.69 Å². The smallest absolute Gasteiger partial charge is 0.303 e. The van der Waals surface area contributed by atoms with Crippen molar-refractivity contribution in [3.63, 3.8) is 0 Å². The summed E-state index contributed by atoms with van der Waals surface area (Å²) in [6, 6.07) is 27.0. The summed E-state index contributed by atoms with van der Waals surface area (Å²) in [6.07, 6.45) is 2.91. The molecule has 0 aromatic heterocycles. The molecule has 34 heavy (non-hydrogen) atoms. The first-order valence-corrected chi connectivity index (χ1v) is 12.2. The number of nitrogens with zero attached hydrogens (tertiary/aromatic N) is 1. The number of likely N-dealkylation sites (tertiary alicyclic amines) is 1. The molecule has 0 amide bonds. The van der Waals surface area contributed by atoms with Crippen LogP contribution in [0.1, 0.15) is 55.0 Å². The standard InChI is InChI=1S/C30H35NO3/c1-23-21-28(33-24(2)27-14-8-5-9-15-27)16-17-29(23)30(34-25(3)32)18-20-31(22-30)19-10-13-26-11-6-4-7-12-26/h4-9,11-12,14-17,21,24H,10,13,18-20,22H2,1-3H3. The maximum atomic E-state index is 12.1. The molecular formula is C30H35NO3. The number of rotatable bonds is 9. The molecule has 1 aliphatic heterocycles. The second-order valence-electron chi connectivity index (χ2n) is 9.35. The van der Waals surface area contributed by atoms with Crippen molar-refractivity contribution in [2.45, 2.75) is 51.7 Å². The van der Waals surface area contributed by atoms with Gasteiger partial charge in [-0.05, 0) is 62.1 Å². The first-order chi connectivity index (χ1) is 16.4. The van der Waals surface area contributed by atoms with Crippen molar-refractivity contribution in [2.24, 2.45) is 0 Å². The molecule has 0 spiro atoms. The molecular weight excluding hydrogens is 422 g/mol. The van der Waals surface area contributed by atoms with Crippen molar-refractivity contribution in [3.05, 3.63) is 101 Å². The van der Waals surface area contributed by atoms with E-state index >= 15 is 0 Å². The molecule has 0 aliphatic carbocycles. The molecule has 2 atom stereocenters. The van der Waals surface area contributed by atoms with Gasteiger partial charge >= 0.3 is 5.97 Å². The zero-order valence-corrected chi connectivity index (χ0v) is 20.5. The lowest BCUT2D eigenvalue weighted by Gasteiger charge is -2.31. The quantitative estimate of drug-likeness (QED) is 0.357. The monoisotopic (exact) mass is 457 g/mol. The van der Waals surface area contributed by atoms with Crippen molar-refractivity contribution in [1.29, 1.82) is 0 Å². The number of esters is 1. The molecule has 4 rings (SSSR count). The molecule has 0 N–H and O–H groups in total. The first kappa shape index (κ1) is 24.0. The Bertz CT molecular complexity index is 1080. The van der Waals surface area contributed by atoms with Crippen LogP contribution in [0.25, 0.3) is 0 Å². The zero-order chi connectivity index (χ0) is 24.0. The maximum absolute atomic E-state index is 12.1. The number of benzene rings is 3. The fourth-order valence-corrected chi connectivity index (χ4v) is 5.05. The molecule has 3 aromatic rings. The lowest BCUT2D eigenvalue weighted by atomic mass is 9.89. The second-order valence-corrected chi connectivity index (χ2v) is 9.35. The van der Waals surface area contributed by atoms with E-state index in [1.165, 1.54) is 12.5 Å². The van der Waals surface area contributed by atoms with E-state index in [0.29, 0.717) is 0 Å². The summed E-state index contributed by atoms with van der Waals surface area (Å²) >= 11 is 0. The van der Waals surface area contributed by atoms with Gasteiger partial charge in [-0.25, -0.2) is 0 Å². The molecule has 0 radical (unpaired) electrons. The van der Waals surface area contributed by atoms with Crippen molar-refractivity contribution >= 4 is 5.97 Å². The van der Waals surface area contributed by atoms with Gasteiger partial charge in [0.15, 0.2) is 5.60 Å². The van der Waals surface area contributed by atoms with E-state index in [9.17, 15) is 4.79 Å². The largest absolute Gasteiger partial charge is 0.486 e. The minimum atomic E-state index is -0.605. The highest BCUT2D eigenvalue weighted by molar-refractivity contribution is 5.67. The number of carbonyl (C=O) groups is 1. The summed E-state index contributed by atoms with van der Waals surface area (Å²) in [7, 11) is 0. The van der Waals surface area contributed by atoms with Crippen LogP contribution in [0.15, 0.2) is 78.9 Å². The first-order valence-electron chi connectivity index (χ1n) is 12.2. The van der Waals surface area contributed by atoms with Gasteiger partial charge in [-0.1, -0.05) is 66.7 Å². The lowest BCUT2D eigenvalue weighted by molar-refractivity contribution is -0.157. The molecule has 3 aromatic carbocycles. The summed E-state index contributed by atoms with van der Waals surface area (Å²) < 4.78 is 12.2. The molecule has 178 valence electrons. The van der Waals surface area contributed by atoms with Crippen molar-refractivity contribution in [2.75, 3.05) is 19.6 Å². The number of aryl methyl sites for hydroxylation is 2. The highest BCUT2D eigenvalue weighted by atomic mass is 16.6. The molecule has 1 saturated heterocycles. The Morgan fingerprint density at radius 3 is 2.41 bits per heavy atom. The molecule has 0 saturated carbocycles. The van der Waals surface area contributed by atoms with Gasteiger partial charge in [0.25, 0.3) is 0 Å². The van der Waals surface area contributed by atoms with Crippen molar-refractivity contribution in [1.82, 2.24) is 4.90 Å². The molecule has 0 bridgehead atoms. The molecule has 1 aliphatic rings. The van der Waals surface area contributed by atoms with Crippen LogP contribution in [0.3, 0.4) is 0 Å². The Morgan fingerprint density at radius 1 is 1.03 bits per heavy atom.